The Morgan fingerprint density at radius 2 is 1.81 bits per heavy atom. The van der Waals surface area contributed by atoms with E-state index in [1.807, 2.05) is 38.1 Å². The molecule has 2 aromatic carbocycles. The van der Waals surface area contributed by atoms with Gasteiger partial charge in [0, 0.05) is 6.54 Å². The Hall–Kier alpha value is -3.81. The van der Waals surface area contributed by atoms with Gasteiger partial charge in [-0.05, 0) is 57.5 Å². The molecule has 0 aliphatic heterocycles. The quantitative estimate of drug-likeness (QED) is 0.522. The third-order valence-corrected chi connectivity index (χ3v) is 5.53. The summed E-state index contributed by atoms with van der Waals surface area (Å²) in [7, 11) is 0. The molecule has 2 heterocycles. The van der Waals surface area contributed by atoms with E-state index in [0.717, 1.165) is 21.6 Å². The van der Waals surface area contributed by atoms with Gasteiger partial charge < -0.3 is 5.32 Å². The smallest absolute Gasteiger partial charge is 0.295 e. The second-order valence-electron chi connectivity index (χ2n) is 7.92. The summed E-state index contributed by atoms with van der Waals surface area (Å²) < 4.78 is 16.2. The van der Waals surface area contributed by atoms with Crippen LogP contribution in [0.1, 0.15) is 35.5 Å². The molecular weight excluding hydrogens is 409 g/mol. The van der Waals surface area contributed by atoms with Crippen molar-refractivity contribution in [3.63, 3.8) is 0 Å². The first-order valence-corrected chi connectivity index (χ1v) is 10.3. The third-order valence-electron chi connectivity index (χ3n) is 5.53. The zero-order chi connectivity index (χ0) is 23.0. The van der Waals surface area contributed by atoms with Crippen LogP contribution >= 0.6 is 0 Å². The summed E-state index contributed by atoms with van der Waals surface area (Å²) in [5, 5.41) is 12.4. The first-order chi connectivity index (χ1) is 15.3. The normalized spacial score (nSPS) is 12.2. The molecule has 1 unspecified atom stereocenters. The first-order valence-electron chi connectivity index (χ1n) is 10.3. The van der Waals surface area contributed by atoms with Crippen molar-refractivity contribution in [3.05, 3.63) is 87.2 Å². The van der Waals surface area contributed by atoms with E-state index >= 15 is 0 Å². The van der Waals surface area contributed by atoms with E-state index in [-0.39, 0.29) is 17.9 Å². The fraction of sp³-hybridized carbons (Fsp3) is 0.250. The van der Waals surface area contributed by atoms with Gasteiger partial charge in [-0.1, -0.05) is 29.8 Å². The van der Waals surface area contributed by atoms with Crippen molar-refractivity contribution < 1.29 is 9.18 Å². The van der Waals surface area contributed by atoms with Crippen molar-refractivity contribution in [2.75, 3.05) is 0 Å². The van der Waals surface area contributed by atoms with E-state index < -0.39 is 17.5 Å². The molecule has 0 aliphatic rings. The Kier molecular flexibility index (Phi) is 5.61. The van der Waals surface area contributed by atoms with Crippen molar-refractivity contribution in [3.8, 4) is 5.69 Å². The minimum Gasteiger partial charge on any atom is -0.350 e. The van der Waals surface area contributed by atoms with Gasteiger partial charge in [0.1, 0.15) is 11.9 Å². The lowest BCUT2D eigenvalue weighted by molar-refractivity contribution is -0.124. The van der Waals surface area contributed by atoms with Crippen LogP contribution < -0.4 is 10.9 Å². The number of aromatic nitrogens is 4. The van der Waals surface area contributed by atoms with Gasteiger partial charge >= 0.3 is 0 Å². The number of benzene rings is 2. The predicted molar refractivity (Wildman–Crippen MR) is 120 cm³/mol. The average Bonchev–Trinajstić information content (AvgIpc) is 3.12. The number of aryl methyl sites for hydroxylation is 3. The molecule has 2 aromatic heterocycles. The number of hydrogen-bond acceptors (Lipinski definition) is 4. The van der Waals surface area contributed by atoms with Gasteiger partial charge in [-0.3, -0.25) is 9.59 Å². The van der Waals surface area contributed by atoms with Gasteiger partial charge in [0.2, 0.25) is 5.91 Å². The van der Waals surface area contributed by atoms with Crippen molar-refractivity contribution in [1.29, 1.82) is 0 Å². The molecule has 1 N–H and O–H groups in total. The number of fused-ring (bicyclic) bond motifs is 1. The largest absolute Gasteiger partial charge is 0.350 e. The molecule has 1 amide bonds. The van der Waals surface area contributed by atoms with Crippen LogP contribution in [0.4, 0.5) is 4.39 Å². The van der Waals surface area contributed by atoms with Gasteiger partial charge in [0.25, 0.3) is 5.56 Å². The highest BCUT2D eigenvalue weighted by Crippen LogP contribution is 2.22. The third kappa shape index (κ3) is 3.91. The van der Waals surface area contributed by atoms with E-state index in [2.05, 4.69) is 15.5 Å². The summed E-state index contributed by atoms with van der Waals surface area (Å²) in [6.45, 7) is 7.44. The molecule has 0 saturated heterocycles. The number of hydrogen-bond donors (Lipinski definition) is 1. The van der Waals surface area contributed by atoms with E-state index in [9.17, 15) is 14.0 Å². The first kappa shape index (κ1) is 21.4. The van der Waals surface area contributed by atoms with Gasteiger partial charge in [-0.25, -0.2) is 13.8 Å². The van der Waals surface area contributed by atoms with Crippen LogP contribution in [-0.4, -0.2) is 25.5 Å². The number of rotatable bonds is 5. The molecule has 0 radical (unpaired) electrons. The van der Waals surface area contributed by atoms with E-state index in [0.29, 0.717) is 16.6 Å². The molecule has 1 atom stereocenters. The molecule has 0 bridgehead atoms. The minimum absolute atomic E-state index is 0.151. The molecule has 32 heavy (non-hydrogen) atoms. The molecule has 7 nitrogen and oxygen atoms in total. The highest BCUT2D eigenvalue weighted by atomic mass is 19.1. The van der Waals surface area contributed by atoms with Crippen molar-refractivity contribution in [2.45, 2.75) is 40.3 Å². The number of carbonyl (C=O) groups is 1. The van der Waals surface area contributed by atoms with Crippen molar-refractivity contribution in [2.24, 2.45) is 0 Å². The molecule has 4 aromatic rings. The fourth-order valence-corrected chi connectivity index (χ4v) is 3.75. The average molecular weight is 433 g/mol. The highest BCUT2D eigenvalue weighted by Gasteiger charge is 2.23. The Morgan fingerprint density at radius 1 is 1.09 bits per heavy atom. The van der Waals surface area contributed by atoms with Crippen LogP contribution in [0.25, 0.3) is 16.6 Å². The fourth-order valence-electron chi connectivity index (χ4n) is 3.75. The van der Waals surface area contributed by atoms with E-state index in [1.165, 1.54) is 12.1 Å². The van der Waals surface area contributed by atoms with Crippen molar-refractivity contribution >= 4 is 16.8 Å². The predicted octanol–water partition coefficient (Wildman–Crippen LogP) is 3.52. The number of halogens is 1. The molecule has 0 aliphatic carbocycles. The summed E-state index contributed by atoms with van der Waals surface area (Å²) in [6, 6.07) is 13.0. The number of amides is 1. The molecular formula is C24H24FN5O2. The Labute approximate surface area is 184 Å². The standard InChI is InChI=1S/C24H24FN5O2/c1-14-8-10-20(11-9-14)29-16(3)21-15(2)27-30(24(32)22(21)28-29)17(4)23(31)26-13-18-6-5-7-19(25)12-18/h5-12,17H,13H2,1-4H3,(H,26,31). The molecule has 164 valence electrons. The maximum atomic E-state index is 13.4. The lowest BCUT2D eigenvalue weighted by atomic mass is 10.2. The molecule has 0 spiro atoms. The number of carbonyl (C=O) groups excluding carboxylic acids is 1. The summed E-state index contributed by atoms with van der Waals surface area (Å²) in [5.74, 6) is -0.763. The SMILES string of the molecule is Cc1ccc(-n2nc3c(=O)n(C(C)C(=O)NCc4cccc(F)c4)nc(C)c3c2C)cc1. The second kappa shape index (κ2) is 8.37. The van der Waals surface area contributed by atoms with Crippen LogP contribution in [0.5, 0.6) is 0 Å². The van der Waals surface area contributed by atoms with Gasteiger partial charge in [0.15, 0.2) is 5.52 Å². The molecule has 0 saturated carbocycles. The highest BCUT2D eigenvalue weighted by molar-refractivity contribution is 5.84. The number of nitrogens with one attached hydrogen (secondary N) is 1. The zero-order valence-corrected chi connectivity index (χ0v) is 18.4. The topological polar surface area (TPSA) is 81.8 Å². The Bertz CT molecular complexity index is 1370. The number of nitrogens with zero attached hydrogens (tertiary/aromatic N) is 4. The summed E-state index contributed by atoms with van der Waals surface area (Å²) in [6.07, 6.45) is 0. The lowest BCUT2D eigenvalue weighted by Gasteiger charge is -2.15. The zero-order valence-electron chi connectivity index (χ0n) is 18.4. The van der Waals surface area contributed by atoms with Gasteiger partial charge in [-0.2, -0.15) is 10.2 Å². The van der Waals surface area contributed by atoms with Crippen molar-refractivity contribution in [1.82, 2.24) is 24.9 Å². The summed E-state index contributed by atoms with van der Waals surface area (Å²) in [5.41, 5.74) is 3.84. The maximum Gasteiger partial charge on any atom is 0.295 e. The van der Waals surface area contributed by atoms with Crippen LogP contribution in [0, 0.1) is 26.6 Å². The maximum absolute atomic E-state index is 13.4. The molecule has 0 fully saturated rings. The Morgan fingerprint density at radius 3 is 2.50 bits per heavy atom. The van der Waals surface area contributed by atoms with E-state index in [1.54, 1.807) is 30.7 Å². The van der Waals surface area contributed by atoms with Gasteiger partial charge in [0.05, 0.1) is 22.5 Å². The summed E-state index contributed by atoms with van der Waals surface area (Å²) in [4.78, 5) is 25.9. The lowest BCUT2D eigenvalue weighted by Crippen LogP contribution is -2.37. The second-order valence-corrected chi connectivity index (χ2v) is 7.92. The van der Waals surface area contributed by atoms with Crippen LogP contribution in [0.2, 0.25) is 0 Å². The van der Waals surface area contributed by atoms with Crippen LogP contribution in [0.15, 0.2) is 53.3 Å². The molecule has 4 rings (SSSR count). The molecule has 8 heteroatoms. The van der Waals surface area contributed by atoms with E-state index in [4.69, 9.17) is 0 Å². The monoisotopic (exact) mass is 433 g/mol. The van der Waals surface area contributed by atoms with Crippen LogP contribution in [0.3, 0.4) is 0 Å². The minimum atomic E-state index is -0.857. The Balaban J connectivity index is 1.67. The van der Waals surface area contributed by atoms with Crippen LogP contribution in [-0.2, 0) is 11.3 Å². The van der Waals surface area contributed by atoms with Gasteiger partial charge in [-0.15, -0.1) is 0 Å². The summed E-state index contributed by atoms with van der Waals surface area (Å²) >= 11 is 0.